The Bertz CT molecular complexity index is 351. The minimum Gasteiger partial charge on any atom is -0.359 e. The van der Waals surface area contributed by atoms with Crippen LogP contribution in [0, 0.1) is 11.8 Å². The predicted molar refractivity (Wildman–Crippen MR) is 80.6 cm³/mol. The van der Waals surface area contributed by atoms with E-state index in [1.807, 2.05) is 4.90 Å². The molecule has 0 radical (unpaired) electrons. The van der Waals surface area contributed by atoms with Gasteiger partial charge in [-0.1, -0.05) is 6.42 Å². The predicted octanol–water partition coefficient (Wildman–Crippen LogP) is 0.910. The Morgan fingerprint density at radius 1 is 1.15 bits per heavy atom. The zero-order valence-corrected chi connectivity index (χ0v) is 13.0. The van der Waals surface area contributed by atoms with Crippen LogP contribution < -0.4 is 11.1 Å². The molecule has 2 fully saturated rings. The number of likely N-dealkylation sites (tertiary alicyclic amines) is 1. The molecule has 6 heteroatoms. The number of rotatable bonds is 2. The van der Waals surface area contributed by atoms with Crippen LogP contribution in [-0.2, 0) is 9.59 Å². The monoisotopic (exact) mass is 303 g/mol. The van der Waals surface area contributed by atoms with E-state index in [-0.39, 0.29) is 42.1 Å². The molecule has 20 heavy (non-hydrogen) atoms. The number of nitrogens with two attached hydrogens (primary N) is 1. The van der Waals surface area contributed by atoms with Crippen LogP contribution in [0.3, 0.4) is 0 Å². The fourth-order valence-electron chi connectivity index (χ4n) is 3.31. The molecule has 1 aliphatic heterocycles. The average Bonchev–Trinajstić information content (AvgIpc) is 2.45. The number of carbonyl (C=O) groups excluding carboxylic acids is 2. The Hall–Kier alpha value is -0.810. The van der Waals surface area contributed by atoms with Gasteiger partial charge in [-0.15, -0.1) is 12.4 Å². The zero-order valence-electron chi connectivity index (χ0n) is 12.1. The number of amides is 2. The van der Waals surface area contributed by atoms with E-state index in [4.69, 9.17) is 5.73 Å². The van der Waals surface area contributed by atoms with Gasteiger partial charge in [0.2, 0.25) is 11.8 Å². The number of piperidine rings is 1. The van der Waals surface area contributed by atoms with Crippen LogP contribution in [0.15, 0.2) is 0 Å². The summed E-state index contributed by atoms with van der Waals surface area (Å²) in [5.74, 6) is 0.300. The molecule has 3 unspecified atom stereocenters. The summed E-state index contributed by atoms with van der Waals surface area (Å²) in [4.78, 5) is 26.1. The van der Waals surface area contributed by atoms with Gasteiger partial charge in [-0.05, 0) is 32.1 Å². The van der Waals surface area contributed by atoms with Gasteiger partial charge < -0.3 is 16.0 Å². The van der Waals surface area contributed by atoms with Gasteiger partial charge in [-0.25, -0.2) is 0 Å². The van der Waals surface area contributed by atoms with Gasteiger partial charge in [0.15, 0.2) is 0 Å². The quantitative estimate of drug-likeness (QED) is 0.796. The van der Waals surface area contributed by atoms with Gasteiger partial charge in [-0.2, -0.15) is 0 Å². The summed E-state index contributed by atoms with van der Waals surface area (Å²) in [6, 6.07) is 0.169. The van der Waals surface area contributed by atoms with Crippen molar-refractivity contribution in [1.29, 1.82) is 0 Å². The number of hydrogen-bond donors (Lipinski definition) is 2. The SMILES string of the molecule is CNC(=O)C1CCCN(C(=O)C2CCCC(N)C2)C1.Cl. The topological polar surface area (TPSA) is 75.4 Å². The lowest BCUT2D eigenvalue weighted by Gasteiger charge is -2.36. The van der Waals surface area contributed by atoms with Crippen molar-refractivity contribution in [3.63, 3.8) is 0 Å². The zero-order chi connectivity index (χ0) is 13.8. The van der Waals surface area contributed by atoms with Gasteiger partial charge >= 0.3 is 0 Å². The summed E-state index contributed by atoms with van der Waals surface area (Å²) >= 11 is 0. The fraction of sp³-hybridized carbons (Fsp3) is 0.857. The third-order valence-corrected chi connectivity index (χ3v) is 4.41. The molecule has 1 saturated carbocycles. The lowest BCUT2D eigenvalue weighted by Crippen LogP contribution is -2.48. The second-order valence-electron chi connectivity index (χ2n) is 5.86. The molecule has 0 spiro atoms. The highest BCUT2D eigenvalue weighted by molar-refractivity contribution is 5.85. The summed E-state index contributed by atoms with van der Waals surface area (Å²) in [6.45, 7) is 1.36. The highest BCUT2D eigenvalue weighted by Crippen LogP contribution is 2.27. The van der Waals surface area contributed by atoms with Crippen molar-refractivity contribution in [2.24, 2.45) is 17.6 Å². The smallest absolute Gasteiger partial charge is 0.225 e. The van der Waals surface area contributed by atoms with Crippen molar-refractivity contribution < 1.29 is 9.59 Å². The van der Waals surface area contributed by atoms with Gasteiger partial charge in [0.25, 0.3) is 0 Å². The van der Waals surface area contributed by atoms with Crippen molar-refractivity contribution >= 4 is 24.2 Å². The standard InChI is InChI=1S/C14H25N3O2.ClH/c1-16-13(18)11-5-3-7-17(9-11)14(19)10-4-2-6-12(15)8-10;/h10-12H,2-9,15H2,1H3,(H,16,18);1H. The minimum absolute atomic E-state index is 0. The van der Waals surface area contributed by atoms with E-state index in [2.05, 4.69) is 5.32 Å². The third-order valence-electron chi connectivity index (χ3n) is 4.41. The van der Waals surface area contributed by atoms with Crippen molar-refractivity contribution in [1.82, 2.24) is 10.2 Å². The van der Waals surface area contributed by atoms with E-state index in [1.165, 1.54) is 0 Å². The van der Waals surface area contributed by atoms with E-state index in [0.717, 1.165) is 45.1 Å². The van der Waals surface area contributed by atoms with Crippen LogP contribution in [0.25, 0.3) is 0 Å². The first kappa shape index (κ1) is 17.2. The van der Waals surface area contributed by atoms with Gasteiger partial charge in [0.05, 0.1) is 5.92 Å². The van der Waals surface area contributed by atoms with Gasteiger partial charge in [-0.3, -0.25) is 9.59 Å². The normalized spacial score (nSPS) is 30.3. The Morgan fingerprint density at radius 2 is 1.85 bits per heavy atom. The van der Waals surface area contributed by atoms with Crippen LogP contribution in [-0.4, -0.2) is 42.9 Å². The van der Waals surface area contributed by atoms with E-state index >= 15 is 0 Å². The Morgan fingerprint density at radius 3 is 2.50 bits per heavy atom. The van der Waals surface area contributed by atoms with E-state index in [0.29, 0.717) is 6.54 Å². The lowest BCUT2D eigenvalue weighted by molar-refractivity contribution is -0.140. The molecule has 0 bridgehead atoms. The van der Waals surface area contributed by atoms with Crippen molar-refractivity contribution in [2.45, 2.75) is 44.6 Å². The lowest BCUT2D eigenvalue weighted by atomic mass is 9.84. The Kier molecular flexibility index (Phi) is 6.76. The molecule has 0 aromatic carbocycles. The molecule has 1 saturated heterocycles. The molecule has 1 aliphatic carbocycles. The molecule has 0 aromatic heterocycles. The van der Waals surface area contributed by atoms with Crippen LogP contribution in [0.1, 0.15) is 38.5 Å². The molecule has 2 rings (SSSR count). The summed E-state index contributed by atoms with van der Waals surface area (Å²) in [7, 11) is 1.66. The maximum Gasteiger partial charge on any atom is 0.225 e. The first-order valence-electron chi connectivity index (χ1n) is 7.37. The maximum absolute atomic E-state index is 12.5. The first-order valence-corrected chi connectivity index (χ1v) is 7.37. The second-order valence-corrected chi connectivity index (χ2v) is 5.86. The molecule has 116 valence electrons. The minimum atomic E-state index is -0.0417. The molecule has 3 N–H and O–H groups in total. The molecule has 3 atom stereocenters. The Labute approximate surface area is 127 Å². The molecular weight excluding hydrogens is 278 g/mol. The molecule has 2 amide bonds. The largest absolute Gasteiger partial charge is 0.359 e. The summed E-state index contributed by atoms with van der Waals surface area (Å²) in [5.41, 5.74) is 5.95. The average molecular weight is 304 g/mol. The van der Waals surface area contributed by atoms with Crippen LogP contribution in [0.2, 0.25) is 0 Å². The molecule has 1 heterocycles. The number of nitrogens with zero attached hydrogens (tertiary/aromatic N) is 1. The van der Waals surface area contributed by atoms with E-state index in [1.54, 1.807) is 7.05 Å². The van der Waals surface area contributed by atoms with Gasteiger partial charge in [0, 0.05) is 32.1 Å². The number of halogens is 1. The van der Waals surface area contributed by atoms with Crippen molar-refractivity contribution in [3.8, 4) is 0 Å². The van der Waals surface area contributed by atoms with Crippen LogP contribution in [0.4, 0.5) is 0 Å². The molecule has 2 aliphatic rings. The van der Waals surface area contributed by atoms with Crippen molar-refractivity contribution in [3.05, 3.63) is 0 Å². The Balaban J connectivity index is 0.00000200. The van der Waals surface area contributed by atoms with Crippen LogP contribution >= 0.6 is 12.4 Å². The fourth-order valence-corrected chi connectivity index (χ4v) is 3.31. The van der Waals surface area contributed by atoms with E-state index in [9.17, 15) is 9.59 Å². The molecular formula is C14H26ClN3O2. The van der Waals surface area contributed by atoms with Crippen molar-refractivity contribution in [2.75, 3.05) is 20.1 Å². The molecule has 5 nitrogen and oxygen atoms in total. The number of carbonyl (C=O) groups is 2. The van der Waals surface area contributed by atoms with Crippen LogP contribution in [0.5, 0.6) is 0 Å². The third kappa shape index (κ3) is 4.09. The summed E-state index contributed by atoms with van der Waals surface area (Å²) in [5, 5.41) is 2.68. The number of nitrogens with one attached hydrogen (secondary N) is 1. The highest BCUT2D eigenvalue weighted by atomic mass is 35.5. The summed E-state index contributed by atoms with van der Waals surface area (Å²) in [6.07, 6.45) is 5.64. The number of hydrogen-bond acceptors (Lipinski definition) is 3. The highest BCUT2D eigenvalue weighted by Gasteiger charge is 2.33. The maximum atomic E-state index is 12.5. The summed E-state index contributed by atoms with van der Waals surface area (Å²) < 4.78 is 0. The molecule has 0 aromatic rings. The second kappa shape index (κ2) is 7.84. The van der Waals surface area contributed by atoms with E-state index < -0.39 is 0 Å². The first-order chi connectivity index (χ1) is 9.11. The van der Waals surface area contributed by atoms with Gasteiger partial charge in [0.1, 0.15) is 0 Å².